The van der Waals surface area contributed by atoms with Crippen LogP contribution in [0.15, 0.2) is 0 Å². The standard InChI is InChI=1S/C8H13N3O2S/c1-3-6-9-10-8(14)11(6)5-4-7(12)13-2/h3-5H2,1-2H3,(H,10,14). The molecule has 0 spiro atoms. The van der Waals surface area contributed by atoms with Crippen LogP contribution in [0.4, 0.5) is 0 Å². The van der Waals surface area contributed by atoms with Gasteiger partial charge < -0.3 is 9.30 Å². The summed E-state index contributed by atoms with van der Waals surface area (Å²) in [6.45, 7) is 2.50. The molecule has 0 atom stereocenters. The van der Waals surface area contributed by atoms with Crippen molar-refractivity contribution in [1.29, 1.82) is 0 Å². The molecule has 0 aliphatic carbocycles. The number of methoxy groups -OCH3 is 1. The molecule has 0 unspecified atom stereocenters. The van der Waals surface area contributed by atoms with Crippen molar-refractivity contribution in [2.75, 3.05) is 7.11 Å². The molecule has 78 valence electrons. The van der Waals surface area contributed by atoms with E-state index in [1.54, 1.807) is 0 Å². The summed E-state index contributed by atoms with van der Waals surface area (Å²) in [5, 5.41) is 6.73. The maximum absolute atomic E-state index is 10.9. The molecular weight excluding hydrogens is 202 g/mol. The fourth-order valence-corrected chi connectivity index (χ4v) is 1.40. The first-order valence-corrected chi connectivity index (χ1v) is 4.80. The van der Waals surface area contributed by atoms with Gasteiger partial charge in [-0.1, -0.05) is 6.92 Å². The van der Waals surface area contributed by atoms with Gasteiger partial charge in [-0.3, -0.25) is 9.89 Å². The van der Waals surface area contributed by atoms with Gasteiger partial charge in [0.1, 0.15) is 5.82 Å². The van der Waals surface area contributed by atoms with E-state index in [1.165, 1.54) is 7.11 Å². The molecule has 6 heteroatoms. The monoisotopic (exact) mass is 215 g/mol. The van der Waals surface area contributed by atoms with Gasteiger partial charge >= 0.3 is 5.97 Å². The van der Waals surface area contributed by atoms with Gasteiger partial charge in [0.05, 0.1) is 13.5 Å². The summed E-state index contributed by atoms with van der Waals surface area (Å²) in [6, 6.07) is 0. The first kappa shape index (κ1) is 10.9. The summed E-state index contributed by atoms with van der Waals surface area (Å²) >= 11 is 5.02. The summed E-state index contributed by atoms with van der Waals surface area (Å²) in [6.07, 6.45) is 1.10. The number of hydrogen-bond donors (Lipinski definition) is 1. The molecule has 1 aromatic rings. The van der Waals surface area contributed by atoms with Gasteiger partial charge in [0.25, 0.3) is 0 Å². The predicted octanol–water partition coefficient (Wildman–Crippen LogP) is 1.07. The van der Waals surface area contributed by atoms with Gasteiger partial charge in [-0.25, -0.2) is 0 Å². The highest BCUT2D eigenvalue weighted by Gasteiger charge is 2.06. The molecule has 14 heavy (non-hydrogen) atoms. The molecule has 1 rings (SSSR count). The maximum Gasteiger partial charge on any atom is 0.307 e. The summed E-state index contributed by atoms with van der Waals surface area (Å²) in [7, 11) is 1.37. The molecule has 5 nitrogen and oxygen atoms in total. The van der Waals surface area contributed by atoms with Crippen LogP contribution in [0.2, 0.25) is 0 Å². The third kappa shape index (κ3) is 2.41. The van der Waals surface area contributed by atoms with E-state index in [1.807, 2.05) is 11.5 Å². The van der Waals surface area contributed by atoms with Crippen molar-refractivity contribution in [3.63, 3.8) is 0 Å². The van der Waals surface area contributed by atoms with Gasteiger partial charge in [-0.2, -0.15) is 5.10 Å². The molecule has 0 amide bonds. The second kappa shape index (κ2) is 4.90. The van der Waals surface area contributed by atoms with Crippen molar-refractivity contribution in [3.05, 3.63) is 10.6 Å². The van der Waals surface area contributed by atoms with E-state index in [0.717, 1.165) is 12.2 Å². The highest BCUT2D eigenvalue weighted by molar-refractivity contribution is 7.71. The fraction of sp³-hybridized carbons (Fsp3) is 0.625. The normalized spacial score (nSPS) is 10.1. The van der Waals surface area contributed by atoms with Crippen LogP contribution in [0, 0.1) is 4.77 Å². The van der Waals surface area contributed by atoms with Crippen molar-refractivity contribution in [3.8, 4) is 0 Å². The summed E-state index contributed by atoms with van der Waals surface area (Å²) in [5.41, 5.74) is 0. The Morgan fingerprint density at radius 2 is 2.43 bits per heavy atom. The number of ether oxygens (including phenoxy) is 1. The Bertz CT molecular complexity index is 369. The summed E-state index contributed by atoms with van der Waals surface area (Å²) in [5.74, 6) is 0.619. The Kier molecular flexibility index (Phi) is 3.82. The Hall–Kier alpha value is -1.17. The Morgan fingerprint density at radius 3 is 3.00 bits per heavy atom. The molecule has 1 aromatic heterocycles. The minimum atomic E-state index is -0.241. The number of aryl methyl sites for hydroxylation is 1. The predicted molar refractivity (Wildman–Crippen MR) is 53.4 cm³/mol. The van der Waals surface area contributed by atoms with E-state index in [0.29, 0.717) is 17.7 Å². The van der Waals surface area contributed by atoms with E-state index in [9.17, 15) is 4.79 Å². The van der Waals surface area contributed by atoms with E-state index in [-0.39, 0.29) is 5.97 Å². The maximum atomic E-state index is 10.9. The second-order valence-corrected chi connectivity index (χ2v) is 3.16. The molecule has 1 heterocycles. The van der Waals surface area contributed by atoms with E-state index in [4.69, 9.17) is 12.2 Å². The van der Waals surface area contributed by atoms with Crippen LogP contribution < -0.4 is 0 Å². The molecule has 0 aromatic carbocycles. The lowest BCUT2D eigenvalue weighted by molar-refractivity contribution is -0.140. The van der Waals surface area contributed by atoms with Crippen LogP contribution in [0.3, 0.4) is 0 Å². The zero-order valence-electron chi connectivity index (χ0n) is 8.24. The smallest absolute Gasteiger partial charge is 0.307 e. The molecule has 0 saturated heterocycles. The van der Waals surface area contributed by atoms with E-state index < -0.39 is 0 Å². The number of H-pyrrole nitrogens is 1. The number of esters is 1. The molecule has 0 aliphatic rings. The van der Waals surface area contributed by atoms with E-state index in [2.05, 4.69) is 14.9 Å². The number of aromatic amines is 1. The SMILES string of the molecule is CCc1n[nH]c(=S)n1CCC(=O)OC. The molecule has 0 radical (unpaired) electrons. The minimum absolute atomic E-state index is 0.241. The highest BCUT2D eigenvalue weighted by atomic mass is 32.1. The van der Waals surface area contributed by atoms with E-state index >= 15 is 0 Å². The van der Waals surface area contributed by atoms with Crippen LogP contribution >= 0.6 is 12.2 Å². The van der Waals surface area contributed by atoms with Crippen molar-refractivity contribution in [1.82, 2.24) is 14.8 Å². The molecule has 0 saturated carbocycles. The first-order valence-electron chi connectivity index (χ1n) is 4.40. The van der Waals surface area contributed by atoms with Gasteiger partial charge in [-0.05, 0) is 12.2 Å². The fourth-order valence-electron chi connectivity index (χ4n) is 1.16. The number of aromatic nitrogens is 3. The molecule has 0 fully saturated rings. The van der Waals surface area contributed by atoms with Crippen LogP contribution in [0.25, 0.3) is 0 Å². The van der Waals surface area contributed by atoms with Gasteiger partial charge in [0, 0.05) is 13.0 Å². The topological polar surface area (TPSA) is 59.9 Å². The number of carbonyl (C=O) groups is 1. The average Bonchev–Trinajstić information content (AvgIpc) is 2.55. The quantitative estimate of drug-likeness (QED) is 0.603. The first-order chi connectivity index (χ1) is 6.69. The number of nitrogens with one attached hydrogen (secondary N) is 1. The van der Waals surface area contributed by atoms with Crippen LogP contribution in [-0.4, -0.2) is 27.8 Å². The number of hydrogen-bond acceptors (Lipinski definition) is 4. The van der Waals surface area contributed by atoms with Crippen LogP contribution in [0.5, 0.6) is 0 Å². The van der Waals surface area contributed by atoms with Crippen LogP contribution in [-0.2, 0) is 22.5 Å². The molecule has 0 bridgehead atoms. The average molecular weight is 215 g/mol. The largest absolute Gasteiger partial charge is 0.469 e. The lowest BCUT2D eigenvalue weighted by Gasteiger charge is -2.03. The molecular formula is C8H13N3O2S. The lowest BCUT2D eigenvalue weighted by atomic mass is 10.4. The highest BCUT2D eigenvalue weighted by Crippen LogP contribution is 2.01. The van der Waals surface area contributed by atoms with Crippen molar-refractivity contribution in [2.24, 2.45) is 0 Å². The minimum Gasteiger partial charge on any atom is -0.469 e. The third-order valence-corrected chi connectivity index (χ3v) is 2.23. The van der Waals surface area contributed by atoms with Crippen molar-refractivity contribution >= 4 is 18.2 Å². The Balaban J connectivity index is 2.70. The third-order valence-electron chi connectivity index (χ3n) is 1.92. The van der Waals surface area contributed by atoms with Crippen molar-refractivity contribution in [2.45, 2.75) is 26.3 Å². The van der Waals surface area contributed by atoms with Gasteiger partial charge in [0.15, 0.2) is 4.77 Å². The van der Waals surface area contributed by atoms with Gasteiger partial charge in [-0.15, -0.1) is 0 Å². The van der Waals surface area contributed by atoms with Gasteiger partial charge in [0.2, 0.25) is 0 Å². The lowest BCUT2D eigenvalue weighted by Crippen LogP contribution is -2.09. The number of carbonyl (C=O) groups excluding carboxylic acids is 1. The Labute approximate surface area is 87.1 Å². The Morgan fingerprint density at radius 1 is 1.71 bits per heavy atom. The number of rotatable bonds is 4. The zero-order chi connectivity index (χ0) is 10.6. The zero-order valence-corrected chi connectivity index (χ0v) is 9.06. The second-order valence-electron chi connectivity index (χ2n) is 2.78. The summed E-state index contributed by atoms with van der Waals surface area (Å²) in [4.78, 5) is 10.9. The summed E-state index contributed by atoms with van der Waals surface area (Å²) < 4.78 is 6.90. The molecule has 1 N–H and O–H groups in total. The number of nitrogens with zero attached hydrogens (tertiary/aromatic N) is 2. The molecule has 0 aliphatic heterocycles. The van der Waals surface area contributed by atoms with Crippen molar-refractivity contribution < 1.29 is 9.53 Å². The van der Waals surface area contributed by atoms with Crippen LogP contribution in [0.1, 0.15) is 19.2 Å².